The van der Waals surface area contributed by atoms with Crippen molar-refractivity contribution in [2.75, 3.05) is 20.2 Å². The molecule has 0 aromatic carbocycles. The lowest BCUT2D eigenvalue weighted by atomic mass is 10.1. The molecule has 2 heterocycles. The molecule has 0 amide bonds. The molecule has 0 spiro atoms. The lowest BCUT2D eigenvalue weighted by molar-refractivity contribution is 0.330. The Bertz CT molecular complexity index is 266. The van der Waals surface area contributed by atoms with Gasteiger partial charge in [0, 0.05) is 18.8 Å². The predicted octanol–water partition coefficient (Wildman–Crippen LogP) is 0.816. The number of hydrogen-bond donors (Lipinski definition) is 1. The van der Waals surface area contributed by atoms with E-state index < -0.39 is 0 Å². The minimum absolute atomic E-state index is 0.498. The minimum atomic E-state index is 0.498. The van der Waals surface area contributed by atoms with E-state index in [9.17, 15) is 0 Å². The van der Waals surface area contributed by atoms with E-state index in [1.165, 1.54) is 12.8 Å². The van der Waals surface area contributed by atoms with Crippen molar-refractivity contribution in [3.8, 4) is 5.88 Å². The van der Waals surface area contributed by atoms with Crippen LogP contribution in [0.5, 0.6) is 5.88 Å². The molecular formula is C9H15N3O. The molecule has 1 aliphatic heterocycles. The number of nitrogens with one attached hydrogen (secondary N) is 1. The molecule has 1 aromatic rings. The lowest BCUT2D eigenvalue weighted by Gasteiger charge is -2.22. The quantitative estimate of drug-likeness (QED) is 0.734. The first-order chi connectivity index (χ1) is 6.40. The van der Waals surface area contributed by atoms with E-state index in [1.807, 2.05) is 16.9 Å². The van der Waals surface area contributed by atoms with Crippen LogP contribution in [-0.2, 0) is 0 Å². The van der Waals surface area contributed by atoms with Gasteiger partial charge in [0.25, 0.3) is 0 Å². The van der Waals surface area contributed by atoms with Crippen LogP contribution < -0.4 is 10.1 Å². The lowest BCUT2D eigenvalue weighted by Crippen LogP contribution is -2.31. The van der Waals surface area contributed by atoms with Crippen LogP contribution in [0.25, 0.3) is 0 Å². The van der Waals surface area contributed by atoms with Crippen molar-refractivity contribution in [3.05, 3.63) is 12.3 Å². The SMILES string of the molecule is COc1ccn(C2CCCNC2)n1. The number of nitrogens with zero attached hydrogens (tertiary/aromatic N) is 2. The highest BCUT2D eigenvalue weighted by Crippen LogP contribution is 2.17. The van der Waals surface area contributed by atoms with E-state index >= 15 is 0 Å². The Morgan fingerprint density at radius 1 is 1.69 bits per heavy atom. The fraction of sp³-hybridized carbons (Fsp3) is 0.667. The summed E-state index contributed by atoms with van der Waals surface area (Å²) in [7, 11) is 1.64. The smallest absolute Gasteiger partial charge is 0.232 e. The molecule has 2 rings (SSSR count). The van der Waals surface area contributed by atoms with Gasteiger partial charge in [-0.2, -0.15) is 0 Å². The molecule has 0 bridgehead atoms. The van der Waals surface area contributed by atoms with Gasteiger partial charge < -0.3 is 10.1 Å². The third-order valence-electron chi connectivity index (χ3n) is 2.44. The maximum Gasteiger partial charge on any atom is 0.232 e. The van der Waals surface area contributed by atoms with E-state index in [4.69, 9.17) is 4.74 Å². The Morgan fingerprint density at radius 3 is 3.23 bits per heavy atom. The average Bonchev–Trinajstić information content (AvgIpc) is 2.67. The van der Waals surface area contributed by atoms with Gasteiger partial charge in [0.15, 0.2) is 0 Å². The van der Waals surface area contributed by atoms with Gasteiger partial charge in [-0.1, -0.05) is 0 Å². The summed E-state index contributed by atoms with van der Waals surface area (Å²) in [6.07, 6.45) is 4.42. The molecular weight excluding hydrogens is 166 g/mol. The molecule has 13 heavy (non-hydrogen) atoms. The number of aromatic nitrogens is 2. The fourth-order valence-electron chi connectivity index (χ4n) is 1.69. The molecule has 0 aliphatic carbocycles. The first-order valence-electron chi connectivity index (χ1n) is 4.70. The highest BCUT2D eigenvalue weighted by atomic mass is 16.5. The van der Waals surface area contributed by atoms with E-state index in [1.54, 1.807) is 7.11 Å². The van der Waals surface area contributed by atoms with Crippen molar-refractivity contribution in [2.24, 2.45) is 0 Å². The van der Waals surface area contributed by atoms with Crippen LogP contribution in [0.15, 0.2) is 12.3 Å². The normalized spacial score (nSPS) is 23.0. The molecule has 0 saturated carbocycles. The molecule has 72 valence electrons. The van der Waals surface area contributed by atoms with Crippen LogP contribution in [0, 0.1) is 0 Å². The second-order valence-corrected chi connectivity index (χ2v) is 3.34. The number of ether oxygens (including phenoxy) is 1. The highest BCUT2D eigenvalue weighted by Gasteiger charge is 2.15. The highest BCUT2D eigenvalue weighted by molar-refractivity contribution is 5.06. The van der Waals surface area contributed by atoms with Crippen molar-refractivity contribution in [1.82, 2.24) is 15.1 Å². The second kappa shape index (κ2) is 3.79. The topological polar surface area (TPSA) is 39.1 Å². The fourth-order valence-corrected chi connectivity index (χ4v) is 1.69. The first kappa shape index (κ1) is 8.56. The van der Waals surface area contributed by atoms with Crippen LogP contribution in [0.3, 0.4) is 0 Å². The molecule has 1 N–H and O–H groups in total. The van der Waals surface area contributed by atoms with Gasteiger partial charge in [0.1, 0.15) is 0 Å². The summed E-state index contributed by atoms with van der Waals surface area (Å²) in [4.78, 5) is 0. The predicted molar refractivity (Wildman–Crippen MR) is 49.9 cm³/mol. The van der Waals surface area contributed by atoms with Crippen molar-refractivity contribution >= 4 is 0 Å². The molecule has 1 saturated heterocycles. The third-order valence-corrected chi connectivity index (χ3v) is 2.44. The Balaban J connectivity index is 2.05. The van der Waals surface area contributed by atoms with E-state index in [-0.39, 0.29) is 0 Å². The molecule has 4 nitrogen and oxygen atoms in total. The van der Waals surface area contributed by atoms with Gasteiger partial charge in [-0.25, -0.2) is 0 Å². The van der Waals surface area contributed by atoms with Crippen molar-refractivity contribution in [1.29, 1.82) is 0 Å². The Labute approximate surface area is 77.9 Å². The van der Waals surface area contributed by atoms with Gasteiger partial charge in [-0.15, -0.1) is 5.10 Å². The number of methoxy groups -OCH3 is 1. The zero-order valence-corrected chi connectivity index (χ0v) is 7.86. The molecule has 4 heteroatoms. The zero-order valence-electron chi connectivity index (χ0n) is 7.86. The summed E-state index contributed by atoms with van der Waals surface area (Å²) in [5, 5.41) is 7.67. The van der Waals surface area contributed by atoms with E-state index in [0.29, 0.717) is 11.9 Å². The van der Waals surface area contributed by atoms with Crippen LogP contribution >= 0.6 is 0 Å². The number of rotatable bonds is 2. The molecule has 1 fully saturated rings. The molecule has 1 aromatic heterocycles. The largest absolute Gasteiger partial charge is 0.480 e. The maximum absolute atomic E-state index is 5.03. The molecule has 1 aliphatic rings. The van der Waals surface area contributed by atoms with Crippen LogP contribution in [0.2, 0.25) is 0 Å². The number of hydrogen-bond acceptors (Lipinski definition) is 3. The minimum Gasteiger partial charge on any atom is -0.480 e. The average molecular weight is 181 g/mol. The van der Waals surface area contributed by atoms with Crippen molar-refractivity contribution in [2.45, 2.75) is 18.9 Å². The second-order valence-electron chi connectivity index (χ2n) is 3.34. The van der Waals surface area contributed by atoms with E-state index in [0.717, 1.165) is 13.1 Å². The molecule has 0 radical (unpaired) electrons. The maximum atomic E-state index is 5.03. The Morgan fingerprint density at radius 2 is 2.62 bits per heavy atom. The van der Waals surface area contributed by atoms with Gasteiger partial charge >= 0.3 is 0 Å². The molecule has 1 atom stereocenters. The van der Waals surface area contributed by atoms with E-state index in [2.05, 4.69) is 10.4 Å². The van der Waals surface area contributed by atoms with Crippen molar-refractivity contribution in [3.63, 3.8) is 0 Å². The van der Waals surface area contributed by atoms with Crippen LogP contribution in [-0.4, -0.2) is 30.0 Å². The van der Waals surface area contributed by atoms with Crippen molar-refractivity contribution < 1.29 is 4.74 Å². The van der Waals surface area contributed by atoms with Gasteiger partial charge in [-0.3, -0.25) is 4.68 Å². The van der Waals surface area contributed by atoms with Crippen LogP contribution in [0.1, 0.15) is 18.9 Å². The Kier molecular flexibility index (Phi) is 2.49. The summed E-state index contributed by atoms with van der Waals surface area (Å²) < 4.78 is 7.02. The summed E-state index contributed by atoms with van der Waals surface area (Å²) >= 11 is 0. The summed E-state index contributed by atoms with van der Waals surface area (Å²) in [5.41, 5.74) is 0. The molecule has 1 unspecified atom stereocenters. The van der Waals surface area contributed by atoms with Gasteiger partial charge in [-0.05, 0) is 19.4 Å². The third kappa shape index (κ3) is 1.83. The number of piperidine rings is 1. The first-order valence-corrected chi connectivity index (χ1v) is 4.70. The van der Waals surface area contributed by atoms with Crippen LogP contribution in [0.4, 0.5) is 0 Å². The monoisotopic (exact) mass is 181 g/mol. The summed E-state index contributed by atoms with van der Waals surface area (Å²) in [6, 6.07) is 2.40. The van der Waals surface area contributed by atoms with Gasteiger partial charge in [0.05, 0.1) is 13.2 Å². The Hall–Kier alpha value is -1.03. The van der Waals surface area contributed by atoms with Gasteiger partial charge in [0.2, 0.25) is 5.88 Å². The zero-order chi connectivity index (χ0) is 9.10. The standard InChI is InChI=1S/C9H15N3O/c1-13-9-4-6-12(11-9)8-3-2-5-10-7-8/h4,6,8,10H,2-3,5,7H2,1H3. The summed E-state index contributed by atoms with van der Waals surface area (Å²) in [6.45, 7) is 2.15. The summed E-state index contributed by atoms with van der Waals surface area (Å²) in [5.74, 6) is 0.700.